The van der Waals surface area contributed by atoms with E-state index in [1.165, 1.54) is 32.1 Å². The van der Waals surface area contributed by atoms with Crippen LogP contribution in [0.5, 0.6) is 5.75 Å². The molecule has 0 aliphatic rings. The number of nitrogens with one attached hydrogen (secondary N) is 1. The van der Waals surface area contributed by atoms with Crippen molar-refractivity contribution in [3.05, 3.63) is 24.3 Å². The molecule has 0 spiro atoms. The summed E-state index contributed by atoms with van der Waals surface area (Å²) < 4.78 is 5.75. The van der Waals surface area contributed by atoms with Crippen molar-refractivity contribution in [2.45, 2.75) is 71.1 Å². The molecule has 0 bridgehead atoms. The Bertz CT molecular complexity index is 434. The van der Waals surface area contributed by atoms with Crippen LogP contribution >= 0.6 is 15.9 Å². The summed E-state index contributed by atoms with van der Waals surface area (Å²) in [5.41, 5.74) is 0.840. The first kappa shape index (κ1) is 21.0. The summed E-state index contributed by atoms with van der Waals surface area (Å²) in [7, 11) is 0. The zero-order valence-corrected chi connectivity index (χ0v) is 16.6. The number of amides is 1. The Labute approximate surface area is 155 Å². The maximum atomic E-state index is 11.8. The Morgan fingerprint density at radius 1 is 0.958 bits per heavy atom. The van der Waals surface area contributed by atoms with Gasteiger partial charge in [0.15, 0.2) is 0 Å². The third-order valence-corrected chi connectivity index (χ3v) is 4.50. The van der Waals surface area contributed by atoms with Crippen LogP contribution in [-0.4, -0.2) is 17.8 Å². The monoisotopic (exact) mass is 397 g/mol. The highest BCUT2D eigenvalue weighted by molar-refractivity contribution is 9.09. The van der Waals surface area contributed by atoms with Gasteiger partial charge in [-0.3, -0.25) is 4.79 Å². The summed E-state index contributed by atoms with van der Waals surface area (Å²) in [6, 6.07) is 7.68. The van der Waals surface area contributed by atoms with Crippen molar-refractivity contribution in [1.29, 1.82) is 0 Å². The molecule has 0 heterocycles. The van der Waals surface area contributed by atoms with Crippen molar-refractivity contribution in [3.63, 3.8) is 0 Å². The number of rotatable bonds is 14. The number of alkyl halides is 1. The van der Waals surface area contributed by atoms with E-state index in [0.29, 0.717) is 6.42 Å². The highest BCUT2D eigenvalue weighted by atomic mass is 79.9. The summed E-state index contributed by atoms with van der Waals surface area (Å²) >= 11 is 3.40. The predicted molar refractivity (Wildman–Crippen MR) is 106 cm³/mol. The molecular formula is C20H32BrNO2. The second kappa shape index (κ2) is 14.3. The molecule has 1 N–H and O–H groups in total. The minimum Gasteiger partial charge on any atom is -0.494 e. The average molecular weight is 398 g/mol. The van der Waals surface area contributed by atoms with Gasteiger partial charge in [0.05, 0.1) is 6.61 Å². The third-order valence-electron chi connectivity index (χ3n) is 3.94. The van der Waals surface area contributed by atoms with Crippen LogP contribution in [0.1, 0.15) is 71.1 Å². The van der Waals surface area contributed by atoms with E-state index < -0.39 is 0 Å². The first-order valence-corrected chi connectivity index (χ1v) is 10.5. The SMILES string of the molecule is CCCCCCCCOc1ccc(NC(=O)CCCCCBr)cc1. The van der Waals surface area contributed by atoms with Crippen molar-refractivity contribution in [2.24, 2.45) is 0 Å². The number of ether oxygens (including phenoxy) is 1. The van der Waals surface area contributed by atoms with Crippen LogP contribution in [0.15, 0.2) is 24.3 Å². The van der Waals surface area contributed by atoms with Crippen LogP contribution in [-0.2, 0) is 4.79 Å². The van der Waals surface area contributed by atoms with Crippen LogP contribution in [0.25, 0.3) is 0 Å². The number of carbonyl (C=O) groups excluding carboxylic acids is 1. The van der Waals surface area contributed by atoms with Crippen LogP contribution in [0.4, 0.5) is 5.69 Å². The second-order valence-corrected chi connectivity index (χ2v) is 6.98. The van der Waals surface area contributed by atoms with E-state index >= 15 is 0 Å². The highest BCUT2D eigenvalue weighted by Crippen LogP contribution is 2.17. The van der Waals surface area contributed by atoms with Gasteiger partial charge in [-0.15, -0.1) is 0 Å². The molecule has 1 aromatic carbocycles. The molecule has 0 radical (unpaired) electrons. The first-order valence-electron chi connectivity index (χ1n) is 9.35. The standard InChI is InChI=1S/C20H32BrNO2/c1-2-3-4-5-6-10-17-24-19-14-12-18(13-15-19)22-20(23)11-8-7-9-16-21/h12-15H,2-11,16-17H2,1H3,(H,22,23). The van der Waals surface area contributed by atoms with E-state index in [2.05, 4.69) is 28.2 Å². The van der Waals surface area contributed by atoms with Crippen molar-refractivity contribution in [3.8, 4) is 5.75 Å². The molecule has 0 atom stereocenters. The maximum absolute atomic E-state index is 11.8. The minimum absolute atomic E-state index is 0.0883. The lowest BCUT2D eigenvalue weighted by atomic mass is 10.1. The number of hydrogen-bond acceptors (Lipinski definition) is 2. The fraction of sp³-hybridized carbons (Fsp3) is 0.650. The molecule has 3 nitrogen and oxygen atoms in total. The summed E-state index contributed by atoms with van der Waals surface area (Å²) in [6.07, 6.45) is 11.3. The average Bonchev–Trinajstić information content (AvgIpc) is 2.59. The van der Waals surface area contributed by atoms with Crippen molar-refractivity contribution in [2.75, 3.05) is 17.3 Å². The minimum atomic E-state index is 0.0883. The molecule has 4 heteroatoms. The fourth-order valence-corrected chi connectivity index (χ4v) is 2.88. The number of carbonyl (C=O) groups is 1. The highest BCUT2D eigenvalue weighted by Gasteiger charge is 2.02. The number of hydrogen-bond donors (Lipinski definition) is 1. The lowest BCUT2D eigenvalue weighted by molar-refractivity contribution is -0.116. The molecule has 24 heavy (non-hydrogen) atoms. The molecule has 0 aliphatic heterocycles. The van der Waals surface area contributed by atoms with Gasteiger partial charge in [0.25, 0.3) is 0 Å². The van der Waals surface area contributed by atoms with Gasteiger partial charge in [0, 0.05) is 17.4 Å². The molecular weight excluding hydrogens is 366 g/mol. The molecule has 1 rings (SSSR count). The van der Waals surface area contributed by atoms with Gasteiger partial charge in [-0.25, -0.2) is 0 Å². The Balaban J connectivity index is 2.15. The number of benzene rings is 1. The van der Waals surface area contributed by atoms with E-state index in [0.717, 1.165) is 49.1 Å². The van der Waals surface area contributed by atoms with Crippen molar-refractivity contribution >= 4 is 27.5 Å². The molecule has 0 saturated heterocycles. The smallest absolute Gasteiger partial charge is 0.224 e. The van der Waals surface area contributed by atoms with Crippen LogP contribution in [0, 0.1) is 0 Å². The Kier molecular flexibility index (Phi) is 12.5. The van der Waals surface area contributed by atoms with Gasteiger partial charge >= 0.3 is 0 Å². The van der Waals surface area contributed by atoms with Gasteiger partial charge in [-0.1, -0.05) is 61.4 Å². The number of anilines is 1. The molecule has 0 aromatic heterocycles. The van der Waals surface area contributed by atoms with Crippen molar-refractivity contribution < 1.29 is 9.53 Å². The lowest BCUT2D eigenvalue weighted by Crippen LogP contribution is -2.11. The topological polar surface area (TPSA) is 38.3 Å². The van der Waals surface area contributed by atoms with Gasteiger partial charge in [0.2, 0.25) is 5.91 Å². The Morgan fingerprint density at radius 2 is 1.62 bits per heavy atom. The van der Waals surface area contributed by atoms with E-state index in [1.54, 1.807) is 0 Å². The van der Waals surface area contributed by atoms with Crippen LogP contribution in [0.2, 0.25) is 0 Å². The van der Waals surface area contributed by atoms with E-state index in [1.807, 2.05) is 24.3 Å². The van der Waals surface area contributed by atoms with Gasteiger partial charge < -0.3 is 10.1 Å². The van der Waals surface area contributed by atoms with Gasteiger partial charge in [-0.05, 0) is 43.5 Å². The van der Waals surface area contributed by atoms with E-state index in [-0.39, 0.29) is 5.91 Å². The van der Waals surface area contributed by atoms with E-state index in [9.17, 15) is 4.79 Å². The summed E-state index contributed by atoms with van der Waals surface area (Å²) in [6.45, 7) is 3.01. The number of unbranched alkanes of at least 4 members (excludes halogenated alkanes) is 7. The van der Waals surface area contributed by atoms with Crippen molar-refractivity contribution in [1.82, 2.24) is 0 Å². The zero-order valence-electron chi connectivity index (χ0n) is 15.0. The first-order chi connectivity index (χ1) is 11.8. The summed E-state index contributed by atoms with van der Waals surface area (Å²) in [4.78, 5) is 11.8. The lowest BCUT2D eigenvalue weighted by Gasteiger charge is -2.08. The fourth-order valence-electron chi connectivity index (χ4n) is 2.49. The molecule has 0 fully saturated rings. The molecule has 0 saturated carbocycles. The molecule has 0 unspecified atom stereocenters. The molecule has 136 valence electrons. The molecule has 0 aliphatic carbocycles. The van der Waals surface area contributed by atoms with Gasteiger partial charge in [-0.2, -0.15) is 0 Å². The zero-order chi connectivity index (χ0) is 17.5. The van der Waals surface area contributed by atoms with Crippen LogP contribution in [0.3, 0.4) is 0 Å². The molecule has 1 amide bonds. The summed E-state index contributed by atoms with van der Waals surface area (Å²) in [5.74, 6) is 0.962. The Hall–Kier alpha value is -1.03. The number of halogens is 1. The quantitative estimate of drug-likeness (QED) is 0.294. The second-order valence-electron chi connectivity index (χ2n) is 6.19. The van der Waals surface area contributed by atoms with E-state index in [4.69, 9.17) is 4.74 Å². The third kappa shape index (κ3) is 10.7. The maximum Gasteiger partial charge on any atom is 0.224 e. The predicted octanol–water partition coefficient (Wildman–Crippen LogP) is 6.32. The van der Waals surface area contributed by atoms with Crippen LogP contribution < -0.4 is 10.1 Å². The largest absolute Gasteiger partial charge is 0.494 e. The van der Waals surface area contributed by atoms with Gasteiger partial charge in [0.1, 0.15) is 5.75 Å². The molecule has 1 aromatic rings. The Morgan fingerprint density at radius 3 is 2.33 bits per heavy atom. The normalized spacial score (nSPS) is 10.6. The summed E-state index contributed by atoms with van der Waals surface area (Å²) in [5, 5.41) is 3.94.